The molecule has 1 N–H and O–H groups in total. The number of aromatic nitrogens is 1. The molecule has 31 heavy (non-hydrogen) atoms. The fraction of sp³-hybridized carbons (Fsp3) is 0.0870. The van der Waals surface area contributed by atoms with Gasteiger partial charge in [-0.15, -0.1) is 11.3 Å². The first-order valence-corrected chi connectivity index (χ1v) is 11.0. The van der Waals surface area contributed by atoms with Crippen molar-refractivity contribution in [3.05, 3.63) is 80.0 Å². The number of nitrogens with zero attached hydrogens (tertiary/aromatic N) is 2. The highest BCUT2D eigenvalue weighted by atomic mass is 79.9. The highest BCUT2D eigenvalue weighted by Crippen LogP contribution is 2.27. The SMILES string of the molecule is CCOc1ccc(N/C=C(/C#N)c2nc(-c3cc4cc(Br)ccc4oc3=O)cs2)cc1. The molecule has 0 aliphatic heterocycles. The average molecular weight is 494 g/mol. The summed E-state index contributed by atoms with van der Waals surface area (Å²) in [6.07, 6.45) is 1.60. The lowest BCUT2D eigenvalue weighted by Crippen LogP contribution is -2.03. The number of rotatable bonds is 6. The van der Waals surface area contributed by atoms with E-state index in [4.69, 9.17) is 9.15 Å². The standard InChI is InChI=1S/C23H16BrN3O3S/c1-2-29-18-6-4-17(5-7-18)26-12-15(11-25)22-27-20(13-31-22)19-10-14-9-16(24)3-8-21(14)30-23(19)28/h3-10,12-13,26H,2H2,1H3/b15-12-. The van der Waals surface area contributed by atoms with Crippen molar-refractivity contribution < 1.29 is 9.15 Å². The van der Waals surface area contributed by atoms with Crippen LogP contribution in [0, 0.1) is 11.3 Å². The van der Waals surface area contributed by atoms with Gasteiger partial charge >= 0.3 is 5.63 Å². The van der Waals surface area contributed by atoms with Crippen LogP contribution in [0.5, 0.6) is 5.75 Å². The molecule has 0 bridgehead atoms. The molecule has 0 amide bonds. The fourth-order valence-electron chi connectivity index (χ4n) is 2.91. The summed E-state index contributed by atoms with van der Waals surface area (Å²) in [5.74, 6) is 0.781. The monoisotopic (exact) mass is 493 g/mol. The van der Waals surface area contributed by atoms with E-state index in [0.717, 1.165) is 21.3 Å². The number of halogens is 1. The Morgan fingerprint density at radius 1 is 1.29 bits per heavy atom. The molecule has 2 aromatic heterocycles. The molecule has 2 aromatic carbocycles. The van der Waals surface area contributed by atoms with Gasteiger partial charge in [-0.1, -0.05) is 15.9 Å². The van der Waals surface area contributed by atoms with Crippen molar-refractivity contribution >= 4 is 49.5 Å². The number of benzene rings is 2. The number of thiazole rings is 1. The second-order valence-electron chi connectivity index (χ2n) is 6.44. The van der Waals surface area contributed by atoms with Crippen molar-refractivity contribution in [2.75, 3.05) is 11.9 Å². The number of allylic oxidation sites excluding steroid dienone is 1. The molecular formula is C23H16BrN3O3S. The number of nitrogens with one attached hydrogen (secondary N) is 1. The average Bonchev–Trinajstić information content (AvgIpc) is 3.25. The lowest BCUT2D eigenvalue weighted by Gasteiger charge is -2.05. The smallest absolute Gasteiger partial charge is 0.345 e. The van der Waals surface area contributed by atoms with Crippen LogP contribution >= 0.6 is 27.3 Å². The molecular weight excluding hydrogens is 478 g/mol. The molecule has 0 saturated carbocycles. The topological polar surface area (TPSA) is 88.2 Å². The predicted octanol–water partition coefficient (Wildman–Crippen LogP) is 6.05. The van der Waals surface area contributed by atoms with Gasteiger partial charge in [0.15, 0.2) is 0 Å². The Hall–Kier alpha value is -3.41. The number of nitriles is 1. The number of hydrogen-bond donors (Lipinski definition) is 1. The van der Waals surface area contributed by atoms with Gasteiger partial charge in [-0.25, -0.2) is 9.78 Å². The minimum atomic E-state index is -0.471. The third kappa shape index (κ3) is 4.68. The maximum atomic E-state index is 12.4. The summed E-state index contributed by atoms with van der Waals surface area (Å²) in [7, 11) is 0. The molecule has 4 aromatic rings. The lowest BCUT2D eigenvalue weighted by molar-refractivity contribution is 0.340. The van der Waals surface area contributed by atoms with Crippen molar-refractivity contribution in [2.24, 2.45) is 0 Å². The van der Waals surface area contributed by atoms with Gasteiger partial charge < -0.3 is 14.5 Å². The fourth-order valence-corrected chi connectivity index (χ4v) is 4.07. The molecule has 2 heterocycles. The van der Waals surface area contributed by atoms with E-state index in [-0.39, 0.29) is 0 Å². The first-order valence-electron chi connectivity index (χ1n) is 9.36. The van der Waals surface area contributed by atoms with Crippen LogP contribution in [0.15, 0.2) is 73.8 Å². The van der Waals surface area contributed by atoms with E-state index in [1.54, 1.807) is 23.7 Å². The van der Waals surface area contributed by atoms with Gasteiger partial charge in [-0.3, -0.25) is 0 Å². The van der Waals surface area contributed by atoms with Crippen LogP contribution < -0.4 is 15.7 Å². The zero-order valence-electron chi connectivity index (χ0n) is 16.4. The Morgan fingerprint density at radius 2 is 2.10 bits per heavy atom. The zero-order valence-corrected chi connectivity index (χ0v) is 18.8. The summed E-state index contributed by atoms with van der Waals surface area (Å²) in [6.45, 7) is 2.53. The number of ether oxygens (including phenoxy) is 1. The Morgan fingerprint density at radius 3 is 2.84 bits per heavy atom. The van der Waals surface area contributed by atoms with Crippen LogP contribution in [-0.4, -0.2) is 11.6 Å². The van der Waals surface area contributed by atoms with Crippen LogP contribution in [0.4, 0.5) is 5.69 Å². The second kappa shape index (κ2) is 9.16. The summed E-state index contributed by atoms with van der Waals surface area (Å²) >= 11 is 4.71. The van der Waals surface area contributed by atoms with Gasteiger partial charge in [0.25, 0.3) is 0 Å². The minimum Gasteiger partial charge on any atom is -0.494 e. The Kier molecular flexibility index (Phi) is 6.16. The molecule has 6 nitrogen and oxygen atoms in total. The van der Waals surface area contributed by atoms with Crippen molar-refractivity contribution in [3.8, 4) is 23.1 Å². The molecule has 0 unspecified atom stereocenters. The van der Waals surface area contributed by atoms with Crippen molar-refractivity contribution in [2.45, 2.75) is 6.92 Å². The molecule has 0 aliphatic carbocycles. The van der Waals surface area contributed by atoms with E-state index in [2.05, 4.69) is 32.3 Å². The maximum Gasteiger partial charge on any atom is 0.345 e. The molecule has 0 aliphatic rings. The molecule has 0 spiro atoms. The first kappa shape index (κ1) is 20.8. The summed E-state index contributed by atoms with van der Waals surface area (Å²) in [4.78, 5) is 16.9. The number of fused-ring (bicyclic) bond motifs is 1. The van der Waals surface area contributed by atoms with E-state index in [0.29, 0.717) is 34.0 Å². The van der Waals surface area contributed by atoms with Crippen LogP contribution in [0.3, 0.4) is 0 Å². The predicted molar refractivity (Wildman–Crippen MR) is 126 cm³/mol. The van der Waals surface area contributed by atoms with E-state index >= 15 is 0 Å². The molecule has 4 rings (SSSR count). The first-order chi connectivity index (χ1) is 15.1. The van der Waals surface area contributed by atoms with Gasteiger partial charge in [-0.05, 0) is 55.5 Å². The third-order valence-electron chi connectivity index (χ3n) is 4.37. The van der Waals surface area contributed by atoms with Crippen molar-refractivity contribution in [3.63, 3.8) is 0 Å². The van der Waals surface area contributed by atoms with Crippen molar-refractivity contribution in [1.29, 1.82) is 5.26 Å². The highest BCUT2D eigenvalue weighted by Gasteiger charge is 2.14. The van der Waals surface area contributed by atoms with Crippen molar-refractivity contribution in [1.82, 2.24) is 4.98 Å². The van der Waals surface area contributed by atoms with Gasteiger partial charge in [0.1, 0.15) is 28.0 Å². The maximum absolute atomic E-state index is 12.4. The molecule has 0 saturated heterocycles. The van der Waals surface area contributed by atoms with Gasteiger partial charge in [-0.2, -0.15) is 5.26 Å². The Bertz CT molecular complexity index is 1370. The minimum absolute atomic E-state index is 0.352. The summed E-state index contributed by atoms with van der Waals surface area (Å²) < 4.78 is 11.7. The Labute approximate surface area is 190 Å². The summed E-state index contributed by atoms with van der Waals surface area (Å²) in [5.41, 5.74) is 2.03. The zero-order chi connectivity index (χ0) is 21.8. The van der Waals surface area contributed by atoms with E-state index < -0.39 is 5.63 Å². The van der Waals surface area contributed by atoms with Gasteiger partial charge in [0.2, 0.25) is 0 Å². The van der Waals surface area contributed by atoms with Gasteiger partial charge in [0, 0.05) is 27.1 Å². The van der Waals surface area contributed by atoms with Crippen LogP contribution in [0.2, 0.25) is 0 Å². The van der Waals surface area contributed by atoms with Crippen LogP contribution in [0.25, 0.3) is 27.8 Å². The number of anilines is 1. The van der Waals surface area contributed by atoms with E-state index in [1.807, 2.05) is 43.3 Å². The van der Waals surface area contributed by atoms with E-state index in [9.17, 15) is 10.1 Å². The molecule has 8 heteroatoms. The van der Waals surface area contributed by atoms with Gasteiger partial charge in [0.05, 0.1) is 17.9 Å². The molecule has 154 valence electrons. The molecule has 0 atom stereocenters. The third-order valence-corrected chi connectivity index (χ3v) is 5.74. The normalized spacial score (nSPS) is 11.3. The van der Waals surface area contributed by atoms with E-state index in [1.165, 1.54) is 11.3 Å². The van der Waals surface area contributed by atoms with Crippen LogP contribution in [-0.2, 0) is 0 Å². The largest absolute Gasteiger partial charge is 0.494 e. The lowest BCUT2D eigenvalue weighted by atomic mass is 10.1. The summed E-state index contributed by atoms with van der Waals surface area (Å²) in [6, 6.07) is 16.8. The quantitative estimate of drug-likeness (QED) is 0.259. The second-order valence-corrected chi connectivity index (χ2v) is 8.21. The summed E-state index contributed by atoms with van der Waals surface area (Å²) in [5, 5.41) is 15.7. The van der Waals surface area contributed by atoms with Crippen LogP contribution in [0.1, 0.15) is 11.9 Å². The highest BCUT2D eigenvalue weighted by molar-refractivity contribution is 9.10. The number of hydrogen-bond acceptors (Lipinski definition) is 7. The molecule has 0 radical (unpaired) electrons. The molecule has 0 fully saturated rings. The Balaban J connectivity index is 1.60.